The first-order valence-electron chi connectivity index (χ1n) is 5.07. The molecule has 0 unspecified atom stereocenters. The van der Waals surface area contributed by atoms with Crippen molar-refractivity contribution in [2.75, 3.05) is 5.73 Å². The molecule has 0 atom stereocenters. The Kier molecular flexibility index (Phi) is 3.22. The molecule has 2 rings (SSSR count). The minimum absolute atomic E-state index is 0.0983. The maximum Gasteiger partial charge on any atom is 0.446 e. The number of hydrogen-bond donors (Lipinski definition) is 2. The smallest absolute Gasteiger partial charge is 0.396 e. The average molecular weight is 265 g/mol. The Morgan fingerprint density at radius 1 is 1.00 bits per heavy atom. The molecule has 0 heterocycles. The van der Waals surface area contributed by atoms with Crippen LogP contribution < -0.4 is 9.92 Å². The first-order chi connectivity index (χ1) is 8.46. The van der Waals surface area contributed by atoms with Gasteiger partial charge in [-0.3, -0.25) is 4.55 Å². The minimum atomic E-state index is -4.58. The highest BCUT2D eigenvalue weighted by Crippen LogP contribution is 2.29. The standard InChI is InChI=1S/C12H11NO4S/c13-11-7-6-10(9-4-2-1-3-5-9)8-12(11)17-18(14,15)16/h1-8H,13H2,(H,14,15,16). The molecule has 0 aliphatic heterocycles. The quantitative estimate of drug-likeness (QED) is 0.655. The molecule has 0 saturated heterocycles. The van der Waals surface area contributed by atoms with Crippen molar-refractivity contribution in [1.82, 2.24) is 0 Å². The van der Waals surface area contributed by atoms with E-state index in [1.807, 2.05) is 30.3 Å². The third-order valence-electron chi connectivity index (χ3n) is 2.32. The summed E-state index contributed by atoms with van der Waals surface area (Å²) in [6, 6.07) is 14.0. The zero-order valence-electron chi connectivity index (χ0n) is 9.28. The molecule has 0 bridgehead atoms. The van der Waals surface area contributed by atoms with Crippen LogP contribution in [0.25, 0.3) is 11.1 Å². The van der Waals surface area contributed by atoms with E-state index in [1.165, 1.54) is 12.1 Å². The van der Waals surface area contributed by atoms with Crippen LogP contribution in [0.2, 0.25) is 0 Å². The summed E-state index contributed by atoms with van der Waals surface area (Å²) < 4.78 is 34.4. The highest BCUT2D eigenvalue weighted by atomic mass is 32.3. The lowest BCUT2D eigenvalue weighted by Crippen LogP contribution is -2.08. The van der Waals surface area contributed by atoms with E-state index in [2.05, 4.69) is 4.18 Å². The van der Waals surface area contributed by atoms with Gasteiger partial charge in [0.1, 0.15) is 0 Å². The Hall–Kier alpha value is -2.05. The second kappa shape index (κ2) is 4.67. The molecule has 3 N–H and O–H groups in total. The van der Waals surface area contributed by atoms with E-state index in [9.17, 15) is 8.42 Å². The highest BCUT2D eigenvalue weighted by Gasteiger charge is 2.11. The third kappa shape index (κ3) is 2.99. The fraction of sp³-hybridized carbons (Fsp3) is 0. The summed E-state index contributed by atoms with van der Waals surface area (Å²) in [6.45, 7) is 0. The zero-order valence-corrected chi connectivity index (χ0v) is 10.1. The summed E-state index contributed by atoms with van der Waals surface area (Å²) >= 11 is 0. The molecule has 0 amide bonds. The van der Waals surface area contributed by atoms with Crippen LogP contribution >= 0.6 is 0 Å². The summed E-state index contributed by atoms with van der Waals surface area (Å²) in [5, 5.41) is 0. The van der Waals surface area contributed by atoms with Gasteiger partial charge in [-0.2, -0.15) is 8.42 Å². The van der Waals surface area contributed by atoms with E-state index in [-0.39, 0.29) is 11.4 Å². The fourth-order valence-electron chi connectivity index (χ4n) is 1.53. The van der Waals surface area contributed by atoms with Gasteiger partial charge in [-0.25, -0.2) is 0 Å². The van der Waals surface area contributed by atoms with Crippen molar-refractivity contribution in [3.05, 3.63) is 48.5 Å². The van der Waals surface area contributed by atoms with Crippen LogP contribution in [0.15, 0.2) is 48.5 Å². The molecule has 18 heavy (non-hydrogen) atoms. The predicted molar refractivity (Wildman–Crippen MR) is 68.5 cm³/mol. The Labute approximate surface area is 105 Å². The van der Waals surface area contributed by atoms with Crippen molar-refractivity contribution in [2.24, 2.45) is 0 Å². The lowest BCUT2D eigenvalue weighted by molar-refractivity contribution is 0.387. The molecule has 2 aromatic rings. The summed E-state index contributed by atoms with van der Waals surface area (Å²) in [5.74, 6) is -0.0983. The van der Waals surface area contributed by atoms with Gasteiger partial charge < -0.3 is 9.92 Å². The van der Waals surface area contributed by atoms with Crippen LogP contribution in [0.5, 0.6) is 5.75 Å². The van der Waals surface area contributed by atoms with Crippen LogP contribution in [0.4, 0.5) is 5.69 Å². The van der Waals surface area contributed by atoms with Crippen molar-refractivity contribution < 1.29 is 17.2 Å². The molecule has 0 radical (unpaired) electrons. The van der Waals surface area contributed by atoms with Gasteiger partial charge in [0.15, 0.2) is 5.75 Å². The number of anilines is 1. The molecule has 0 aromatic heterocycles. The lowest BCUT2D eigenvalue weighted by Gasteiger charge is -2.08. The number of hydrogen-bond acceptors (Lipinski definition) is 4. The highest BCUT2D eigenvalue weighted by molar-refractivity contribution is 7.81. The Morgan fingerprint density at radius 2 is 1.67 bits per heavy atom. The predicted octanol–water partition coefficient (Wildman–Crippen LogP) is 2.12. The Balaban J connectivity index is 2.44. The lowest BCUT2D eigenvalue weighted by atomic mass is 10.1. The molecule has 2 aromatic carbocycles. The van der Waals surface area contributed by atoms with Crippen LogP contribution in [0.3, 0.4) is 0 Å². The van der Waals surface area contributed by atoms with Gasteiger partial charge in [0.25, 0.3) is 0 Å². The number of benzene rings is 2. The van der Waals surface area contributed by atoms with Crippen molar-refractivity contribution in [1.29, 1.82) is 0 Å². The van der Waals surface area contributed by atoms with Crippen molar-refractivity contribution in [3.63, 3.8) is 0 Å². The molecule has 0 fully saturated rings. The fourth-order valence-corrected chi connectivity index (χ4v) is 1.90. The van der Waals surface area contributed by atoms with E-state index >= 15 is 0 Å². The second-order valence-corrected chi connectivity index (χ2v) is 4.65. The number of nitrogens with two attached hydrogens (primary N) is 1. The summed E-state index contributed by atoms with van der Waals surface area (Å²) in [6.07, 6.45) is 0. The van der Waals surface area contributed by atoms with E-state index in [4.69, 9.17) is 10.3 Å². The molecule has 5 nitrogen and oxygen atoms in total. The van der Waals surface area contributed by atoms with E-state index in [0.29, 0.717) is 0 Å². The molecule has 0 spiro atoms. The number of rotatable bonds is 3. The molecular formula is C12H11NO4S. The second-order valence-electron chi connectivity index (χ2n) is 3.63. The van der Waals surface area contributed by atoms with Gasteiger partial charge in [-0.1, -0.05) is 36.4 Å². The van der Waals surface area contributed by atoms with E-state index in [1.54, 1.807) is 6.07 Å². The first kappa shape index (κ1) is 12.4. The zero-order chi connectivity index (χ0) is 13.2. The molecule has 6 heteroatoms. The SMILES string of the molecule is Nc1ccc(-c2ccccc2)cc1OS(=O)(=O)O. The van der Waals surface area contributed by atoms with Crippen LogP contribution in [-0.4, -0.2) is 13.0 Å². The van der Waals surface area contributed by atoms with Gasteiger partial charge in [-0.05, 0) is 23.3 Å². The van der Waals surface area contributed by atoms with Crippen molar-refractivity contribution in [2.45, 2.75) is 0 Å². The Morgan fingerprint density at radius 3 is 2.28 bits per heavy atom. The summed E-state index contributed by atoms with van der Waals surface area (Å²) in [5.41, 5.74) is 7.33. The summed E-state index contributed by atoms with van der Waals surface area (Å²) in [7, 11) is -4.58. The molecular weight excluding hydrogens is 254 g/mol. The van der Waals surface area contributed by atoms with Gasteiger partial charge >= 0.3 is 10.4 Å². The maximum absolute atomic E-state index is 10.7. The Bertz CT molecular complexity index is 653. The largest absolute Gasteiger partial charge is 0.446 e. The molecule has 94 valence electrons. The van der Waals surface area contributed by atoms with E-state index in [0.717, 1.165) is 11.1 Å². The van der Waals surface area contributed by atoms with Gasteiger partial charge in [-0.15, -0.1) is 0 Å². The van der Waals surface area contributed by atoms with Crippen LogP contribution in [-0.2, 0) is 10.4 Å². The van der Waals surface area contributed by atoms with E-state index < -0.39 is 10.4 Å². The molecule has 0 aliphatic rings. The van der Waals surface area contributed by atoms with Gasteiger partial charge in [0.2, 0.25) is 0 Å². The van der Waals surface area contributed by atoms with Gasteiger partial charge in [0.05, 0.1) is 5.69 Å². The monoisotopic (exact) mass is 265 g/mol. The minimum Gasteiger partial charge on any atom is -0.396 e. The van der Waals surface area contributed by atoms with Crippen LogP contribution in [0, 0.1) is 0 Å². The molecule has 0 saturated carbocycles. The third-order valence-corrected chi connectivity index (χ3v) is 2.71. The van der Waals surface area contributed by atoms with Gasteiger partial charge in [0, 0.05) is 0 Å². The molecule has 0 aliphatic carbocycles. The summed E-state index contributed by atoms with van der Waals surface area (Å²) in [4.78, 5) is 0. The number of nitrogen functional groups attached to an aromatic ring is 1. The maximum atomic E-state index is 10.7. The van der Waals surface area contributed by atoms with Crippen molar-refractivity contribution in [3.8, 4) is 16.9 Å². The normalized spacial score (nSPS) is 11.2. The first-order valence-corrected chi connectivity index (χ1v) is 6.44. The van der Waals surface area contributed by atoms with Crippen molar-refractivity contribution >= 4 is 16.1 Å². The van der Waals surface area contributed by atoms with Crippen LogP contribution in [0.1, 0.15) is 0 Å². The average Bonchev–Trinajstić information content (AvgIpc) is 2.31. The topological polar surface area (TPSA) is 89.6 Å².